The van der Waals surface area contributed by atoms with Crippen LogP contribution in [0, 0.1) is 0 Å². The lowest BCUT2D eigenvalue weighted by Crippen LogP contribution is -2.44. The number of carbonyl (C=O) groups is 2. The first kappa shape index (κ1) is 16.1. The topological polar surface area (TPSA) is 67.9 Å². The summed E-state index contributed by atoms with van der Waals surface area (Å²) in [5.74, 6) is 1.31. The molecule has 1 heterocycles. The first-order valence-electron chi connectivity index (χ1n) is 7.50. The Morgan fingerprint density at radius 1 is 1.32 bits per heavy atom. The third kappa shape index (κ3) is 4.38. The maximum Gasteiger partial charge on any atom is 0.224 e. The van der Waals surface area contributed by atoms with Crippen LogP contribution in [0.3, 0.4) is 0 Å². The van der Waals surface area contributed by atoms with E-state index in [-0.39, 0.29) is 24.3 Å². The van der Waals surface area contributed by atoms with Crippen molar-refractivity contribution in [3.05, 3.63) is 24.3 Å². The average molecular weight is 306 g/mol. The standard InChI is InChI=1S/C16H22N2O4/c1-3-18(16(20)8-9-17-12(2)19)10-13-11-21-14-6-4-5-7-15(14)22-13/h4-7,13H,3,8-11H2,1-2H3,(H,17,19)/t13-/m0/s1. The molecule has 120 valence electrons. The highest BCUT2D eigenvalue weighted by molar-refractivity contribution is 5.78. The molecule has 0 radical (unpaired) electrons. The van der Waals surface area contributed by atoms with Crippen LogP contribution in [0.1, 0.15) is 20.3 Å². The maximum absolute atomic E-state index is 12.2. The smallest absolute Gasteiger partial charge is 0.224 e. The summed E-state index contributed by atoms with van der Waals surface area (Å²) in [5, 5.41) is 2.63. The number of rotatable bonds is 6. The zero-order valence-corrected chi connectivity index (χ0v) is 13.0. The Labute approximate surface area is 130 Å². The third-order valence-electron chi connectivity index (χ3n) is 3.44. The van der Waals surface area contributed by atoms with E-state index < -0.39 is 0 Å². The number of nitrogens with one attached hydrogen (secondary N) is 1. The first-order valence-corrected chi connectivity index (χ1v) is 7.50. The largest absolute Gasteiger partial charge is 0.486 e. The van der Waals surface area contributed by atoms with E-state index >= 15 is 0 Å². The fraction of sp³-hybridized carbons (Fsp3) is 0.500. The zero-order valence-electron chi connectivity index (χ0n) is 13.0. The molecule has 1 aliphatic rings. The molecule has 0 bridgehead atoms. The van der Waals surface area contributed by atoms with E-state index in [1.54, 1.807) is 4.90 Å². The quantitative estimate of drug-likeness (QED) is 0.857. The second-order valence-electron chi connectivity index (χ2n) is 5.16. The second-order valence-corrected chi connectivity index (χ2v) is 5.16. The molecule has 1 aromatic carbocycles. The number of ether oxygens (including phenoxy) is 2. The van der Waals surface area contributed by atoms with Crippen LogP contribution in [0.15, 0.2) is 24.3 Å². The van der Waals surface area contributed by atoms with Crippen LogP contribution in [0.2, 0.25) is 0 Å². The van der Waals surface area contributed by atoms with Crippen LogP contribution in [-0.2, 0) is 9.59 Å². The van der Waals surface area contributed by atoms with Crippen molar-refractivity contribution < 1.29 is 19.1 Å². The minimum atomic E-state index is -0.181. The highest BCUT2D eigenvalue weighted by Crippen LogP contribution is 2.30. The minimum absolute atomic E-state index is 0.00120. The Morgan fingerprint density at radius 2 is 2.05 bits per heavy atom. The molecule has 0 aromatic heterocycles. The molecule has 0 spiro atoms. The van der Waals surface area contributed by atoms with Crippen molar-refractivity contribution >= 4 is 11.8 Å². The van der Waals surface area contributed by atoms with E-state index in [9.17, 15) is 9.59 Å². The summed E-state index contributed by atoms with van der Waals surface area (Å²) in [6.07, 6.45) is 0.108. The van der Waals surface area contributed by atoms with E-state index in [0.29, 0.717) is 32.0 Å². The Kier molecular flexibility index (Phi) is 5.63. The van der Waals surface area contributed by atoms with Gasteiger partial charge in [0.25, 0.3) is 0 Å². The van der Waals surface area contributed by atoms with E-state index in [1.807, 2.05) is 31.2 Å². The predicted molar refractivity (Wildman–Crippen MR) is 81.9 cm³/mol. The van der Waals surface area contributed by atoms with Crippen LogP contribution < -0.4 is 14.8 Å². The van der Waals surface area contributed by atoms with Crippen molar-refractivity contribution in [3.8, 4) is 11.5 Å². The van der Waals surface area contributed by atoms with Gasteiger partial charge < -0.3 is 19.7 Å². The van der Waals surface area contributed by atoms with Crippen LogP contribution in [0.25, 0.3) is 0 Å². The molecule has 0 fully saturated rings. The van der Waals surface area contributed by atoms with Gasteiger partial charge in [-0.1, -0.05) is 12.1 Å². The average Bonchev–Trinajstić information content (AvgIpc) is 2.52. The molecule has 22 heavy (non-hydrogen) atoms. The van der Waals surface area contributed by atoms with Crippen LogP contribution in [0.4, 0.5) is 0 Å². The van der Waals surface area contributed by atoms with E-state index in [1.165, 1.54) is 6.92 Å². The van der Waals surface area contributed by atoms with Crippen LogP contribution >= 0.6 is 0 Å². The predicted octanol–water partition coefficient (Wildman–Crippen LogP) is 1.20. The van der Waals surface area contributed by atoms with Gasteiger partial charge in [0, 0.05) is 26.4 Å². The van der Waals surface area contributed by atoms with Gasteiger partial charge in [0.15, 0.2) is 17.6 Å². The molecule has 6 nitrogen and oxygen atoms in total. The van der Waals surface area contributed by atoms with Gasteiger partial charge in [0.05, 0.1) is 6.54 Å². The normalized spacial score (nSPS) is 16.0. The van der Waals surface area contributed by atoms with E-state index in [2.05, 4.69) is 5.32 Å². The van der Waals surface area contributed by atoms with Gasteiger partial charge in [-0.05, 0) is 19.1 Å². The summed E-state index contributed by atoms with van der Waals surface area (Å²) in [6.45, 7) is 5.22. The van der Waals surface area contributed by atoms with Gasteiger partial charge in [0.1, 0.15) is 6.61 Å². The molecule has 2 amide bonds. The van der Waals surface area contributed by atoms with Gasteiger partial charge in [-0.3, -0.25) is 9.59 Å². The van der Waals surface area contributed by atoms with Crippen molar-refractivity contribution in [1.29, 1.82) is 0 Å². The Balaban J connectivity index is 1.85. The van der Waals surface area contributed by atoms with Gasteiger partial charge >= 0.3 is 0 Å². The lowest BCUT2D eigenvalue weighted by Gasteiger charge is -2.31. The minimum Gasteiger partial charge on any atom is -0.486 e. The summed E-state index contributed by atoms with van der Waals surface area (Å²) in [4.78, 5) is 24.7. The van der Waals surface area contributed by atoms with Crippen LogP contribution in [0.5, 0.6) is 11.5 Å². The number of benzene rings is 1. The number of hydrogen-bond acceptors (Lipinski definition) is 4. The number of para-hydroxylation sites is 2. The second kappa shape index (κ2) is 7.68. The zero-order chi connectivity index (χ0) is 15.9. The number of nitrogens with zero attached hydrogens (tertiary/aromatic N) is 1. The van der Waals surface area contributed by atoms with Crippen molar-refractivity contribution in [2.24, 2.45) is 0 Å². The molecule has 0 unspecified atom stereocenters. The molecule has 0 saturated carbocycles. The summed E-state index contributed by atoms with van der Waals surface area (Å²) in [6, 6.07) is 7.51. The van der Waals surface area contributed by atoms with Crippen molar-refractivity contribution in [2.45, 2.75) is 26.4 Å². The Morgan fingerprint density at radius 3 is 2.73 bits per heavy atom. The highest BCUT2D eigenvalue weighted by atomic mass is 16.6. The molecule has 1 aliphatic heterocycles. The number of hydrogen-bond donors (Lipinski definition) is 1. The van der Waals surface area contributed by atoms with Crippen molar-refractivity contribution in [1.82, 2.24) is 10.2 Å². The number of likely N-dealkylation sites (N-methyl/N-ethyl adjacent to an activating group) is 1. The van der Waals surface area contributed by atoms with Crippen molar-refractivity contribution in [2.75, 3.05) is 26.2 Å². The number of fused-ring (bicyclic) bond motifs is 1. The molecule has 0 saturated heterocycles. The molecule has 0 aliphatic carbocycles. The van der Waals surface area contributed by atoms with Crippen molar-refractivity contribution in [3.63, 3.8) is 0 Å². The molecule has 1 N–H and O–H groups in total. The van der Waals surface area contributed by atoms with Crippen LogP contribution in [-0.4, -0.2) is 49.1 Å². The fourth-order valence-electron chi connectivity index (χ4n) is 2.31. The fourth-order valence-corrected chi connectivity index (χ4v) is 2.31. The van der Waals surface area contributed by atoms with Gasteiger partial charge in [-0.2, -0.15) is 0 Å². The van der Waals surface area contributed by atoms with Gasteiger partial charge in [0.2, 0.25) is 11.8 Å². The van der Waals surface area contributed by atoms with E-state index in [4.69, 9.17) is 9.47 Å². The number of carbonyl (C=O) groups excluding carboxylic acids is 2. The highest BCUT2D eigenvalue weighted by Gasteiger charge is 2.24. The third-order valence-corrected chi connectivity index (χ3v) is 3.44. The molecule has 1 atom stereocenters. The molecular weight excluding hydrogens is 284 g/mol. The summed E-state index contributed by atoms with van der Waals surface area (Å²) in [7, 11) is 0. The summed E-state index contributed by atoms with van der Waals surface area (Å²) < 4.78 is 11.5. The molecule has 2 rings (SSSR count). The molecular formula is C16H22N2O4. The lowest BCUT2D eigenvalue weighted by molar-refractivity contribution is -0.132. The van der Waals surface area contributed by atoms with Gasteiger partial charge in [-0.25, -0.2) is 0 Å². The summed E-state index contributed by atoms with van der Waals surface area (Å²) >= 11 is 0. The van der Waals surface area contributed by atoms with E-state index in [0.717, 1.165) is 5.75 Å². The monoisotopic (exact) mass is 306 g/mol. The SMILES string of the molecule is CCN(C[C@H]1COc2ccccc2O1)C(=O)CCNC(C)=O. The maximum atomic E-state index is 12.2. The Hall–Kier alpha value is -2.24. The van der Waals surface area contributed by atoms with Gasteiger partial charge in [-0.15, -0.1) is 0 Å². The number of amides is 2. The Bertz CT molecular complexity index is 533. The summed E-state index contributed by atoms with van der Waals surface area (Å²) in [5.41, 5.74) is 0. The molecule has 1 aromatic rings. The molecule has 6 heteroatoms. The lowest BCUT2D eigenvalue weighted by atomic mass is 10.2. The first-order chi connectivity index (χ1) is 10.6.